The molecule has 110 valence electrons. The van der Waals surface area contributed by atoms with E-state index in [1.165, 1.54) is 30.3 Å². The lowest BCUT2D eigenvalue weighted by Gasteiger charge is -2.18. The minimum atomic E-state index is -3.69. The Morgan fingerprint density at radius 3 is 2.62 bits per heavy atom. The molecule has 4 nitrogen and oxygen atoms in total. The summed E-state index contributed by atoms with van der Waals surface area (Å²) >= 11 is 0. The minimum Gasteiger partial charge on any atom is -0.493 e. The van der Waals surface area contributed by atoms with Crippen LogP contribution in [0.2, 0.25) is 0 Å². The van der Waals surface area contributed by atoms with Gasteiger partial charge >= 0.3 is 0 Å². The Morgan fingerprint density at radius 1 is 1.10 bits per heavy atom. The highest BCUT2D eigenvalue weighted by Crippen LogP contribution is 2.28. The molecule has 1 heterocycles. The Kier molecular flexibility index (Phi) is 3.55. The van der Waals surface area contributed by atoms with Gasteiger partial charge in [0.05, 0.1) is 11.5 Å². The van der Waals surface area contributed by atoms with Crippen LogP contribution in [0.1, 0.15) is 12.0 Å². The highest BCUT2D eigenvalue weighted by molar-refractivity contribution is 7.92. The number of sulfonamides is 1. The molecule has 21 heavy (non-hydrogen) atoms. The molecule has 0 spiro atoms. The first kappa shape index (κ1) is 13.9. The number of nitrogens with one attached hydrogen (secondary N) is 1. The zero-order valence-corrected chi connectivity index (χ0v) is 12.0. The van der Waals surface area contributed by atoms with Gasteiger partial charge in [-0.05, 0) is 60.9 Å². The topological polar surface area (TPSA) is 55.4 Å². The first-order valence-electron chi connectivity index (χ1n) is 6.59. The summed E-state index contributed by atoms with van der Waals surface area (Å²) in [6.45, 7) is 0.660. The zero-order valence-electron chi connectivity index (χ0n) is 11.2. The molecule has 0 fully saturated rings. The second-order valence-corrected chi connectivity index (χ2v) is 6.52. The average molecular weight is 307 g/mol. The van der Waals surface area contributed by atoms with Crippen LogP contribution in [0.4, 0.5) is 10.1 Å². The highest BCUT2D eigenvalue weighted by atomic mass is 32.2. The van der Waals surface area contributed by atoms with Crippen molar-refractivity contribution in [2.24, 2.45) is 0 Å². The summed E-state index contributed by atoms with van der Waals surface area (Å²) in [6.07, 6.45) is 1.68. The molecule has 1 aliphatic heterocycles. The molecule has 1 N–H and O–H groups in total. The van der Waals surface area contributed by atoms with E-state index in [4.69, 9.17) is 4.74 Å². The van der Waals surface area contributed by atoms with E-state index in [9.17, 15) is 12.8 Å². The van der Waals surface area contributed by atoms with Gasteiger partial charge in [-0.2, -0.15) is 0 Å². The van der Waals surface area contributed by atoms with Gasteiger partial charge in [0.2, 0.25) is 0 Å². The molecule has 2 aromatic rings. The molecule has 3 rings (SSSR count). The van der Waals surface area contributed by atoms with Crippen molar-refractivity contribution in [1.82, 2.24) is 0 Å². The zero-order chi connectivity index (χ0) is 14.9. The molecule has 0 saturated heterocycles. The van der Waals surface area contributed by atoms with Crippen molar-refractivity contribution in [3.8, 4) is 5.75 Å². The summed E-state index contributed by atoms with van der Waals surface area (Å²) in [4.78, 5) is 0.177. The van der Waals surface area contributed by atoms with Gasteiger partial charge in [-0.15, -0.1) is 0 Å². The van der Waals surface area contributed by atoms with Crippen molar-refractivity contribution in [2.75, 3.05) is 11.3 Å². The van der Waals surface area contributed by atoms with Crippen molar-refractivity contribution in [2.45, 2.75) is 17.7 Å². The number of aryl methyl sites for hydroxylation is 1. The lowest BCUT2D eigenvalue weighted by Crippen LogP contribution is -2.15. The molecular formula is C15H14FNO3S. The fraction of sp³-hybridized carbons (Fsp3) is 0.200. The first-order valence-corrected chi connectivity index (χ1v) is 8.07. The van der Waals surface area contributed by atoms with Crippen molar-refractivity contribution < 1.29 is 17.5 Å². The Morgan fingerprint density at radius 2 is 1.86 bits per heavy atom. The minimum absolute atomic E-state index is 0.177. The molecule has 0 amide bonds. The van der Waals surface area contributed by atoms with E-state index in [1.807, 2.05) is 0 Å². The summed E-state index contributed by atoms with van der Waals surface area (Å²) in [6, 6.07) is 9.99. The number of fused-ring (bicyclic) bond motifs is 1. The predicted octanol–water partition coefficient (Wildman–Crippen LogP) is 2.95. The van der Waals surface area contributed by atoms with Crippen LogP contribution < -0.4 is 9.46 Å². The van der Waals surface area contributed by atoms with Crippen LogP contribution in [0.5, 0.6) is 5.75 Å². The van der Waals surface area contributed by atoms with Crippen LogP contribution in [0.25, 0.3) is 0 Å². The number of rotatable bonds is 3. The van der Waals surface area contributed by atoms with Gasteiger partial charge in [-0.25, -0.2) is 12.8 Å². The maximum absolute atomic E-state index is 12.8. The largest absolute Gasteiger partial charge is 0.493 e. The number of halogens is 1. The van der Waals surface area contributed by atoms with Crippen LogP contribution in [-0.2, 0) is 16.4 Å². The molecule has 0 saturated carbocycles. The first-order chi connectivity index (χ1) is 10.0. The van der Waals surface area contributed by atoms with E-state index in [0.29, 0.717) is 12.3 Å². The van der Waals surface area contributed by atoms with Crippen molar-refractivity contribution in [3.05, 3.63) is 53.8 Å². The number of benzene rings is 2. The summed E-state index contributed by atoms with van der Waals surface area (Å²) < 4.78 is 45.4. The fourth-order valence-electron chi connectivity index (χ4n) is 2.24. The fourth-order valence-corrected chi connectivity index (χ4v) is 3.34. The standard InChI is InChI=1S/C15H14FNO3S/c16-12-3-5-13(6-4-12)17-21(18,19)14-7-8-15-11(10-14)2-1-9-20-15/h3-8,10,17H,1-2,9H2. The van der Waals surface area contributed by atoms with Crippen molar-refractivity contribution in [1.29, 1.82) is 0 Å². The lowest BCUT2D eigenvalue weighted by atomic mass is 10.1. The molecule has 0 atom stereocenters. The smallest absolute Gasteiger partial charge is 0.261 e. The van der Waals surface area contributed by atoms with Gasteiger partial charge < -0.3 is 4.74 Å². The van der Waals surface area contributed by atoms with Crippen molar-refractivity contribution >= 4 is 15.7 Å². The molecule has 0 unspecified atom stereocenters. The maximum Gasteiger partial charge on any atom is 0.261 e. The molecule has 0 bridgehead atoms. The average Bonchev–Trinajstić information content (AvgIpc) is 2.49. The van der Waals surface area contributed by atoms with E-state index in [0.717, 1.165) is 24.2 Å². The molecule has 6 heteroatoms. The van der Waals surface area contributed by atoms with Crippen LogP contribution in [0, 0.1) is 5.82 Å². The third-order valence-corrected chi connectivity index (χ3v) is 4.67. The second-order valence-electron chi connectivity index (χ2n) is 4.83. The predicted molar refractivity (Wildman–Crippen MR) is 77.5 cm³/mol. The summed E-state index contributed by atoms with van der Waals surface area (Å²) in [5, 5.41) is 0. The van der Waals surface area contributed by atoms with E-state index in [2.05, 4.69) is 4.72 Å². The summed E-state index contributed by atoms with van der Waals surface area (Å²) in [5.41, 5.74) is 1.22. The molecule has 0 radical (unpaired) electrons. The SMILES string of the molecule is O=S(=O)(Nc1ccc(F)cc1)c1ccc2c(c1)CCCO2. The number of ether oxygens (including phenoxy) is 1. The van der Waals surface area contributed by atoms with E-state index < -0.39 is 15.8 Å². The molecule has 1 aliphatic rings. The Labute approximate surface area is 122 Å². The Hall–Kier alpha value is -2.08. The van der Waals surface area contributed by atoms with E-state index in [1.54, 1.807) is 12.1 Å². The third-order valence-electron chi connectivity index (χ3n) is 3.29. The Bertz CT molecular complexity index is 757. The van der Waals surface area contributed by atoms with Gasteiger partial charge in [-0.3, -0.25) is 4.72 Å². The summed E-state index contributed by atoms with van der Waals surface area (Å²) in [7, 11) is -3.69. The van der Waals surface area contributed by atoms with Gasteiger partial charge in [0, 0.05) is 5.69 Å². The maximum atomic E-state index is 12.8. The number of hydrogen-bond donors (Lipinski definition) is 1. The van der Waals surface area contributed by atoms with Crippen LogP contribution >= 0.6 is 0 Å². The third kappa shape index (κ3) is 3.00. The van der Waals surface area contributed by atoms with Gasteiger partial charge in [0.25, 0.3) is 10.0 Å². The van der Waals surface area contributed by atoms with Gasteiger partial charge in [-0.1, -0.05) is 0 Å². The van der Waals surface area contributed by atoms with Crippen molar-refractivity contribution in [3.63, 3.8) is 0 Å². The normalized spacial score (nSPS) is 14.1. The van der Waals surface area contributed by atoms with Gasteiger partial charge in [0.1, 0.15) is 11.6 Å². The molecule has 2 aromatic carbocycles. The van der Waals surface area contributed by atoms with Crippen LogP contribution in [0.3, 0.4) is 0 Å². The molecule has 0 aliphatic carbocycles. The monoisotopic (exact) mass is 307 g/mol. The molecule has 0 aromatic heterocycles. The molecular weight excluding hydrogens is 293 g/mol. The number of hydrogen-bond acceptors (Lipinski definition) is 3. The van der Waals surface area contributed by atoms with E-state index >= 15 is 0 Å². The van der Waals surface area contributed by atoms with Crippen LogP contribution in [0.15, 0.2) is 47.4 Å². The summed E-state index contributed by atoms with van der Waals surface area (Å²) in [5.74, 6) is 0.325. The highest BCUT2D eigenvalue weighted by Gasteiger charge is 2.18. The van der Waals surface area contributed by atoms with Crippen LogP contribution in [-0.4, -0.2) is 15.0 Å². The lowest BCUT2D eigenvalue weighted by molar-refractivity contribution is 0.288. The second kappa shape index (κ2) is 5.37. The number of anilines is 1. The quantitative estimate of drug-likeness (QED) is 0.948. The van der Waals surface area contributed by atoms with Gasteiger partial charge in [0.15, 0.2) is 0 Å². The Balaban J connectivity index is 1.89. The van der Waals surface area contributed by atoms with E-state index in [-0.39, 0.29) is 4.90 Å².